The van der Waals surface area contributed by atoms with Gasteiger partial charge in [-0.05, 0) is 36.6 Å². The Morgan fingerprint density at radius 1 is 1.53 bits per heavy atom. The highest BCUT2D eigenvalue weighted by atomic mass is 79.9. The first-order valence-electron chi connectivity index (χ1n) is 6.26. The number of halogens is 1. The summed E-state index contributed by atoms with van der Waals surface area (Å²) in [6.45, 7) is 4.29. The molecule has 0 radical (unpaired) electrons. The van der Waals surface area contributed by atoms with Gasteiger partial charge in [-0.3, -0.25) is 9.59 Å². The number of aryl methyl sites for hydroxylation is 2. The first kappa shape index (κ1) is 14.1. The highest BCUT2D eigenvalue weighted by Gasteiger charge is 2.35. The minimum atomic E-state index is -0.902. The highest BCUT2D eigenvalue weighted by Crippen LogP contribution is 2.31. The molecule has 0 saturated carbocycles. The molecule has 0 bridgehead atoms. The average molecular weight is 326 g/mol. The van der Waals surface area contributed by atoms with Gasteiger partial charge in [0.25, 0.3) is 0 Å². The van der Waals surface area contributed by atoms with Crippen LogP contribution in [0.25, 0.3) is 0 Å². The van der Waals surface area contributed by atoms with Crippen molar-refractivity contribution < 1.29 is 14.7 Å². The molecule has 1 aliphatic heterocycles. The highest BCUT2D eigenvalue weighted by molar-refractivity contribution is 9.10. The van der Waals surface area contributed by atoms with Crippen LogP contribution in [0.1, 0.15) is 24.5 Å². The van der Waals surface area contributed by atoms with E-state index in [1.165, 1.54) is 0 Å². The molecule has 1 fully saturated rings. The molecule has 5 heteroatoms. The smallest absolute Gasteiger partial charge is 0.308 e. The van der Waals surface area contributed by atoms with E-state index in [1.807, 2.05) is 19.1 Å². The predicted octanol–water partition coefficient (Wildman–Crippen LogP) is 2.76. The van der Waals surface area contributed by atoms with Crippen molar-refractivity contribution in [2.24, 2.45) is 5.92 Å². The number of carbonyl (C=O) groups is 2. The van der Waals surface area contributed by atoms with E-state index in [1.54, 1.807) is 4.90 Å². The second kappa shape index (κ2) is 5.33. The van der Waals surface area contributed by atoms with Gasteiger partial charge in [-0.1, -0.05) is 22.9 Å². The molecule has 1 aromatic carbocycles. The van der Waals surface area contributed by atoms with Gasteiger partial charge in [-0.15, -0.1) is 0 Å². The lowest BCUT2D eigenvalue weighted by molar-refractivity contribution is -0.141. The molecule has 0 spiro atoms. The van der Waals surface area contributed by atoms with E-state index >= 15 is 0 Å². The number of rotatable bonds is 3. The third-order valence-electron chi connectivity index (χ3n) is 3.48. The Morgan fingerprint density at radius 2 is 2.21 bits per heavy atom. The van der Waals surface area contributed by atoms with Crippen molar-refractivity contribution in [1.82, 2.24) is 0 Å². The van der Waals surface area contributed by atoms with Gasteiger partial charge in [0, 0.05) is 23.1 Å². The average Bonchev–Trinajstić information content (AvgIpc) is 2.75. The summed E-state index contributed by atoms with van der Waals surface area (Å²) in [6.07, 6.45) is 0.950. The fourth-order valence-electron chi connectivity index (χ4n) is 2.36. The zero-order valence-corrected chi connectivity index (χ0v) is 12.5. The Bertz CT molecular complexity index is 542. The molecule has 4 nitrogen and oxygen atoms in total. The number of nitrogens with zero attached hydrogens (tertiary/aromatic N) is 1. The zero-order valence-electron chi connectivity index (χ0n) is 10.9. The summed E-state index contributed by atoms with van der Waals surface area (Å²) in [5.41, 5.74) is 2.98. The SMILES string of the molecule is CCc1cc(N2CC(C(=O)O)CC2=O)cc(C)c1Br. The standard InChI is InChI=1S/C14H16BrNO3/c1-3-9-5-11(4-8(2)13(9)15)16-7-10(14(18)19)6-12(16)17/h4-5,10H,3,6-7H2,1-2H3,(H,18,19). The molecule has 102 valence electrons. The fourth-order valence-corrected chi connectivity index (χ4v) is 2.87. The van der Waals surface area contributed by atoms with Crippen molar-refractivity contribution in [3.8, 4) is 0 Å². The number of amides is 1. The molecule has 1 atom stereocenters. The van der Waals surface area contributed by atoms with Gasteiger partial charge in [0.05, 0.1) is 5.92 Å². The van der Waals surface area contributed by atoms with E-state index in [-0.39, 0.29) is 18.9 Å². The van der Waals surface area contributed by atoms with Gasteiger partial charge < -0.3 is 10.0 Å². The fraction of sp³-hybridized carbons (Fsp3) is 0.429. The number of hydrogen-bond acceptors (Lipinski definition) is 2. The van der Waals surface area contributed by atoms with E-state index in [0.29, 0.717) is 0 Å². The summed E-state index contributed by atoms with van der Waals surface area (Å²) in [5, 5.41) is 9.01. The third kappa shape index (κ3) is 2.66. The molecule has 1 N–H and O–H groups in total. The number of hydrogen-bond donors (Lipinski definition) is 1. The van der Waals surface area contributed by atoms with Crippen molar-refractivity contribution in [3.05, 3.63) is 27.7 Å². The Labute approximate surface area is 120 Å². The number of carboxylic acids is 1. The molecule has 2 rings (SSSR count). The van der Waals surface area contributed by atoms with Gasteiger partial charge in [-0.2, -0.15) is 0 Å². The first-order chi connectivity index (χ1) is 8.93. The molecule has 1 heterocycles. The summed E-state index contributed by atoms with van der Waals surface area (Å²) in [7, 11) is 0. The normalized spacial score (nSPS) is 19.0. The molecular formula is C14H16BrNO3. The Balaban J connectivity index is 2.35. The number of aliphatic carboxylic acids is 1. The minimum absolute atomic E-state index is 0.0892. The number of benzene rings is 1. The van der Waals surface area contributed by atoms with Crippen LogP contribution in [0.15, 0.2) is 16.6 Å². The largest absolute Gasteiger partial charge is 0.481 e. The van der Waals surface area contributed by atoms with E-state index in [0.717, 1.165) is 27.7 Å². The van der Waals surface area contributed by atoms with E-state index in [4.69, 9.17) is 5.11 Å². The maximum absolute atomic E-state index is 11.9. The predicted molar refractivity (Wildman–Crippen MR) is 76.4 cm³/mol. The van der Waals surface area contributed by atoms with Crippen molar-refractivity contribution in [2.45, 2.75) is 26.7 Å². The lowest BCUT2D eigenvalue weighted by Crippen LogP contribution is -2.26. The van der Waals surface area contributed by atoms with Crippen LogP contribution < -0.4 is 4.90 Å². The Hall–Kier alpha value is -1.36. The maximum Gasteiger partial charge on any atom is 0.308 e. The van der Waals surface area contributed by atoms with Crippen molar-refractivity contribution >= 4 is 33.5 Å². The van der Waals surface area contributed by atoms with Crippen LogP contribution in [-0.2, 0) is 16.0 Å². The second-order valence-corrected chi connectivity index (χ2v) is 5.63. The second-order valence-electron chi connectivity index (χ2n) is 4.83. The molecule has 1 amide bonds. The molecule has 19 heavy (non-hydrogen) atoms. The van der Waals surface area contributed by atoms with Gasteiger partial charge in [0.15, 0.2) is 0 Å². The molecule has 1 aromatic rings. The van der Waals surface area contributed by atoms with Crippen LogP contribution in [-0.4, -0.2) is 23.5 Å². The van der Waals surface area contributed by atoms with Gasteiger partial charge in [0.1, 0.15) is 0 Å². The number of carboxylic acid groups (broad SMARTS) is 1. The van der Waals surface area contributed by atoms with Crippen LogP contribution in [0.5, 0.6) is 0 Å². The molecule has 0 aromatic heterocycles. The van der Waals surface area contributed by atoms with Crippen molar-refractivity contribution in [1.29, 1.82) is 0 Å². The molecule has 1 aliphatic rings. The Morgan fingerprint density at radius 3 is 2.74 bits per heavy atom. The summed E-state index contributed by atoms with van der Waals surface area (Å²) in [4.78, 5) is 24.5. The molecule has 1 saturated heterocycles. The topological polar surface area (TPSA) is 57.6 Å². The molecular weight excluding hydrogens is 310 g/mol. The van der Waals surface area contributed by atoms with Crippen LogP contribution in [0.2, 0.25) is 0 Å². The zero-order chi connectivity index (χ0) is 14.2. The van der Waals surface area contributed by atoms with E-state index in [9.17, 15) is 9.59 Å². The van der Waals surface area contributed by atoms with Crippen LogP contribution in [0.4, 0.5) is 5.69 Å². The van der Waals surface area contributed by atoms with Crippen molar-refractivity contribution in [3.63, 3.8) is 0 Å². The quantitative estimate of drug-likeness (QED) is 0.929. The number of carbonyl (C=O) groups excluding carboxylic acids is 1. The third-order valence-corrected chi connectivity index (χ3v) is 4.62. The van der Waals surface area contributed by atoms with Crippen LogP contribution >= 0.6 is 15.9 Å². The first-order valence-corrected chi connectivity index (χ1v) is 7.05. The summed E-state index contributed by atoms with van der Waals surface area (Å²) < 4.78 is 1.06. The van der Waals surface area contributed by atoms with Crippen molar-refractivity contribution in [2.75, 3.05) is 11.4 Å². The monoisotopic (exact) mass is 325 g/mol. The van der Waals surface area contributed by atoms with Crippen LogP contribution in [0.3, 0.4) is 0 Å². The summed E-state index contributed by atoms with van der Waals surface area (Å²) >= 11 is 3.54. The lowest BCUT2D eigenvalue weighted by atomic mass is 10.1. The lowest BCUT2D eigenvalue weighted by Gasteiger charge is -2.19. The van der Waals surface area contributed by atoms with Crippen LogP contribution in [0, 0.1) is 12.8 Å². The summed E-state index contributed by atoms with van der Waals surface area (Å²) in [6, 6.07) is 3.88. The maximum atomic E-state index is 11.9. The van der Waals surface area contributed by atoms with Gasteiger partial charge in [0.2, 0.25) is 5.91 Å². The molecule has 1 unspecified atom stereocenters. The van der Waals surface area contributed by atoms with Gasteiger partial charge in [-0.25, -0.2) is 0 Å². The van der Waals surface area contributed by atoms with Gasteiger partial charge >= 0.3 is 5.97 Å². The Kier molecular flexibility index (Phi) is 3.94. The van der Waals surface area contributed by atoms with E-state index in [2.05, 4.69) is 22.9 Å². The van der Waals surface area contributed by atoms with E-state index < -0.39 is 11.9 Å². The summed E-state index contributed by atoms with van der Waals surface area (Å²) in [5.74, 6) is -1.61. The minimum Gasteiger partial charge on any atom is -0.481 e. The molecule has 0 aliphatic carbocycles. The number of anilines is 1.